The molecule has 0 radical (unpaired) electrons. The first-order chi connectivity index (χ1) is 8.99. The summed E-state index contributed by atoms with van der Waals surface area (Å²) in [5.74, 6) is -0.162. The fourth-order valence-corrected chi connectivity index (χ4v) is 1.54. The zero-order valence-electron chi connectivity index (χ0n) is 11.0. The first kappa shape index (κ1) is 15.8. The third-order valence-electron chi connectivity index (χ3n) is 2.47. The number of hydrogen-bond acceptors (Lipinski definition) is 3. The lowest BCUT2D eigenvalue weighted by Crippen LogP contribution is -2.15. The number of halogens is 3. The maximum absolute atomic E-state index is 12.9. The molecule has 0 saturated carbocycles. The number of ether oxygens (including phenoxy) is 2. The summed E-state index contributed by atoms with van der Waals surface area (Å²) in [4.78, 5) is 0. The molecule has 0 atom stereocenters. The van der Waals surface area contributed by atoms with E-state index in [2.05, 4.69) is 5.32 Å². The standard InChI is InChI=1S/C13H18F3NO2/c1-3-17-9-10-4-5-12(19-7-6-18-2)11(8-10)13(14,15)16/h4-5,8,17H,3,6-7,9H2,1-2H3. The highest BCUT2D eigenvalue weighted by Gasteiger charge is 2.34. The second kappa shape index (κ2) is 7.35. The van der Waals surface area contributed by atoms with Gasteiger partial charge >= 0.3 is 6.18 Å². The van der Waals surface area contributed by atoms with Crippen molar-refractivity contribution in [3.05, 3.63) is 29.3 Å². The number of hydrogen-bond donors (Lipinski definition) is 1. The minimum absolute atomic E-state index is 0.0894. The molecule has 0 aliphatic carbocycles. The van der Waals surface area contributed by atoms with Gasteiger partial charge in [0.2, 0.25) is 0 Å². The van der Waals surface area contributed by atoms with Crippen molar-refractivity contribution in [2.24, 2.45) is 0 Å². The quantitative estimate of drug-likeness (QED) is 0.777. The van der Waals surface area contributed by atoms with E-state index in [1.54, 1.807) is 6.07 Å². The molecule has 0 bridgehead atoms. The summed E-state index contributed by atoms with van der Waals surface area (Å²) in [5, 5.41) is 2.99. The Morgan fingerprint density at radius 3 is 2.53 bits per heavy atom. The molecule has 0 unspecified atom stereocenters. The van der Waals surface area contributed by atoms with Crippen LogP contribution in [-0.4, -0.2) is 26.9 Å². The fourth-order valence-electron chi connectivity index (χ4n) is 1.54. The van der Waals surface area contributed by atoms with Crippen LogP contribution in [0.25, 0.3) is 0 Å². The van der Waals surface area contributed by atoms with E-state index in [1.165, 1.54) is 13.2 Å². The molecule has 0 amide bonds. The Morgan fingerprint density at radius 2 is 1.95 bits per heavy atom. The van der Waals surface area contributed by atoms with Crippen molar-refractivity contribution in [2.45, 2.75) is 19.6 Å². The van der Waals surface area contributed by atoms with Crippen LogP contribution in [0, 0.1) is 0 Å². The van der Waals surface area contributed by atoms with Gasteiger partial charge in [0.1, 0.15) is 12.4 Å². The van der Waals surface area contributed by atoms with Gasteiger partial charge < -0.3 is 14.8 Å². The van der Waals surface area contributed by atoms with E-state index in [4.69, 9.17) is 9.47 Å². The average molecular weight is 277 g/mol. The number of methoxy groups -OCH3 is 1. The maximum Gasteiger partial charge on any atom is 0.419 e. The zero-order chi connectivity index (χ0) is 14.3. The molecule has 0 fully saturated rings. The van der Waals surface area contributed by atoms with Crippen LogP contribution in [0.3, 0.4) is 0 Å². The summed E-state index contributed by atoms with van der Waals surface area (Å²) in [6, 6.07) is 4.09. The minimum atomic E-state index is -4.43. The highest BCUT2D eigenvalue weighted by molar-refractivity contribution is 5.39. The van der Waals surface area contributed by atoms with E-state index in [-0.39, 0.29) is 19.0 Å². The SMILES string of the molecule is CCNCc1ccc(OCCOC)c(C(F)(F)F)c1. The average Bonchev–Trinajstić information content (AvgIpc) is 2.36. The topological polar surface area (TPSA) is 30.5 Å². The second-order valence-corrected chi connectivity index (χ2v) is 3.95. The number of alkyl halides is 3. The number of rotatable bonds is 7. The van der Waals surface area contributed by atoms with E-state index >= 15 is 0 Å². The normalized spacial score (nSPS) is 11.6. The van der Waals surface area contributed by atoms with Crippen molar-refractivity contribution in [1.29, 1.82) is 0 Å². The van der Waals surface area contributed by atoms with E-state index < -0.39 is 11.7 Å². The molecule has 3 nitrogen and oxygen atoms in total. The van der Waals surface area contributed by atoms with Gasteiger partial charge in [-0.1, -0.05) is 13.0 Å². The lowest BCUT2D eigenvalue weighted by Gasteiger charge is -2.15. The van der Waals surface area contributed by atoms with Gasteiger partial charge in [0.05, 0.1) is 12.2 Å². The molecule has 1 rings (SSSR count). The van der Waals surface area contributed by atoms with Crippen LogP contribution in [0.2, 0.25) is 0 Å². The minimum Gasteiger partial charge on any atom is -0.491 e. The Hall–Kier alpha value is -1.27. The van der Waals surface area contributed by atoms with Crippen LogP contribution >= 0.6 is 0 Å². The first-order valence-corrected chi connectivity index (χ1v) is 6.01. The summed E-state index contributed by atoms with van der Waals surface area (Å²) < 4.78 is 48.6. The van der Waals surface area contributed by atoms with E-state index in [1.807, 2.05) is 6.92 Å². The van der Waals surface area contributed by atoms with Gasteiger partial charge in [0.15, 0.2) is 0 Å². The summed E-state index contributed by atoms with van der Waals surface area (Å²) in [5.41, 5.74) is -0.174. The molecule has 0 aliphatic heterocycles. The van der Waals surface area contributed by atoms with Crippen LogP contribution in [0.15, 0.2) is 18.2 Å². The lowest BCUT2D eigenvalue weighted by molar-refractivity contribution is -0.139. The van der Waals surface area contributed by atoms with Crippen molar-refractivity contribution in [1.82, 2.24) is 5.32 Å². The summed E-state index contributed by atoms with van der Waals surface area (Å²) in [6.45, 7) is 3.33. The van der Waals surface area contributed by atoms with Crippen molar-refractivity contribution < 1.29 is 22.6 Å². The Labute approximate surface area is 110 Å². The maximum atomic E-state index is 12.9. The Morgan fingerprint density at radius 1 is 1.21 bits per heavy atom. The van der Waals surface area contributed by atoms with Gasteiger partial charge in [0, 0.05) is 13.7 Å². The van der Waals surface area contributed by atoms with Crippen LogP contribution in [-0.2, 0) is 17.5 Å². The monoisotopic (exact) mass is 277 g/mol. The molecule has 1 aromatic rings. The molecule has 108 valence electrons. The molecule has 6 heteroatoms. The molecule has 0 saturated heterocycles. The second-order valence-electron chi connectivity index (χ2n) is 3.95. The van der Waals surface area contributed by atoms with Crippen molar-refractivity contribution in [3.63, 3.8) is 0 Å². The predicted octanol–water partition coefficient (Wildman–Crippen LogP) is 2.84. The van der Waals surface area contributed by atoms with Crippen molar-refractivity contribution in [3.8, 4) is 5.75 Å². The van der Waals surface area contributed by atoms with Crippen molar-refractivity contribution >= 4 is 0 Å². The summed E-state index contributed by atoms with van der Waals surface area (Å²) in [6.07, 6.45) is -4.43. The third-order valence-corrected chi connectivity index (χ3v) is 2.47. The summed E-state index contributed by atoms with van der Waals surface area (Å²) in [7, 11) is 1.47. The zero-order valence-corrected chi connectivity index (χ0v) is 11.0. The van der Waals surface area contributed by atoms with Crippen molar-refractivity contribution in [2.75, 3.05) is 26.9 Å². The highest BCUT2D eigenvalue weighted by atomic mass is 19.4. The van der Waals surface area contributed by atoms with Gasteiger partial charge in [-0.2, -0.15) is 13.2 Å². The largest absolute Gasteiger partial charge is 0.491 e. The van der Waals surface area contributed by atoms with Crippen LogP contribution in [0.1, 0.15) is 18.1 Å². The van der Waals surface area contributed by atoms with Gasteiger partial charge in [-0.3, -0.25) is 0 Å². The van der Waals surface area contributed by atoms with Crippen LogP contribution in [0.5, 0.6) is 5.75 Å². The molecule has 0 spiro atoms. The molecule has 0 aliphatic rings. The molecule has 19 heavy (non-hydrogen) atoms. The van der Waals surface area contributed by atoms with Gasteiger partial charge in [-0.25, -0.2) is 0 Å². The van der Waals surface area contributed by atoms with E-state index in [0.29, 0.717) is 18.7 Å². The predicted molar refractivity (Wildman–Crippen MR) is 66.2 cm³/mol. The summed E-state index contributed by atoms with van der Waals surface area (Å²) >= 11 is 0. The molecule has 1 N–H and O–H groups in total. The highest BCUT2D eigenvalue weighted by Crippen LogP contribution is 2.36. The molecule has 0 aromatic heterocycles. The number of benzene rings is 1. The van der Waals surface area contributed by atoms with Gasteiger partial charge in [-0.05, 0) is 24.2 Å². The molecular formula is C13H18F3NO2. The molecule has 1 aromatic carbocycles. The molecular weight excluding hydrogens is 259 g/mol. The molecule has 0 heterocycles. The van der Waals surface area contributed by atoms with Gasteiger partial charge in [0.25, 0.3) is 0 Å². The lowest BCUT2D eigenvalue weighted by atomic mass is 10.1. The van der Waals surface area contributed by atoms with Crippen LogP contribution < -0.4 is 10.1 Å². The number of nitrogens with one attached hydrogen (secondary N) is 1. The van der Waals surface area contributed by atoms with E-state index in [9.17, 15) is 13.2 Å². The first-order valence-electron chi connectivity index (χ1n) is 6.01. The third kappa shape index (κ3) is 5.08. The Kier molecular flexibility index (Phi) is 6.11. The fraction of sp³-hybridized carbons (Fsp3) is 0.538. The van der Waals surface area contributed by atoms with E-state index in [0.717, 1.165) is 6.07 Å². The van der Waals surface area contributed by atoms with Crippen LogP contribution in [0.4, 0.5) is 13.2 Å². The smallest absolute Gasteiger partial charge is 0.419 e. The van der Waals surface area contributed by atoms with Gasteiger partial charge in [-0.15, -0.1) is 0 Å². The Bertz CT molecular complexity index is 394. The Balaban J connectivity index is 2.90.